The van der Waals surface area contributed by atoms with Crippen LogP contribution >= 0.6 is 0 Å². The molecule has 0 spiro atoms. The normalized spacial score (nSPS) is 24.3. The van der Waals surface area contributed by atoms with Gasteiger partial charge in [-0.1, -0.05) is 36.0 Å². The zero-order chi connectivity index (χ0) is 16.3. The van der Waals surface area contributed by atoms with Gasteiger partial charge in [0, 0.05) is 6.42 Å². The van der Waals surface area contributed by atoms with Gasteiger partial charge in [-0.2, -0.15) is 0 Å². The molecule has 128 valence electrons. The van der Waals surface area contributed by atoms with Gasteiger partial charge in [0.25, 0.3) is 0 Å². The Bertz CT molecular complexity index is 447. The van der Waals surface area contributed by atoms with E-state index >= 15 is 0 Å². The van der Waals surface area contributed by atoms with Crippen molar-refractivity contribution in [2.45, 2.75) is 64.2 Å². The molecule has 2 aliphatic rings. The van der Waals surface area contributed by atoms with E-state index < -0.39 is 0 Å². The van der Waals surface area contributed by atoms with Crippen LogP contribution in [0.5, 0.6) is 0 Å². The summed E-state index contributed by atoms with van der Waals surface area (Å²) >= 11 is 0. The molecule has 1 fully saturated rings. The Hall–Kier alpha value is -1.15. The first kappa shape index (κ1) is 18.2. The van der Waals surface area contributed by atoms with E-state index in [1.165, 1.54) is 50.5 Å². The van der Waals surface area contributed by atoms with Crippen molar-refractivity contribution in [3.8, 4) is 0 Å². The fraction of sp³-hybridized carbons (Fsp3) is 0.667. The molecule has 2 atom stereocenters. The van der Waals surface area contributed by atoms with Crippen LogP contribution in [-0.2, 0) is 4.79 Å². The minimum Gasteiger partial charge on any atom is -0.313 e. The van der Waals surface area contributed by atoms with E-state index in [4.69, 9.17) is 0 Å². The lowest BCUT2D eigenvalue weighted by atomic mass is 9.69. The average Bonchev–Trinajstić information content (AvgIpc) is 2.64. The van der Waals surface area contributed by atoms with Crippen LogP contribution in [0.1, 0.15) is 64.2 Å². The number of rotatable bonds is 9. The molecule has 0 bridgehead atoms. The monoisotopic (exact) mass is 315 g/mol. The van der Waals surface area contributed by atoms with Crippen LogP contribution < -0.4 is 5.32 Å². The van der Waals surface area contributed by atoms with Gasteiger partial charge in [0.1, 0.15) is 5.78 Å². The Balaban J connectivity index is 1.63. The minimum absolute atomic E-state index is 0.368. The van der Waals surface area contributed by atoms with Crippen molar-refractivity contribution in [3.05, 3.63) is 36.0 Å². The number of ketones is 1. The van der Waals surface area contributed by atoms with E-state index in [2.05, 4.69) is 35.7 Å². The van der Waals surface area contributed by atoms with Crippen LogP contribution in [0.15, 0.2) is 36.0 Å². The van der Waals surface area contributed by atoms with E-state index in [0.717, 1.165) is 31.1 Å². The third-order valence-corrected chi connectivity index (χ3v) is 5.29. The Morgan fingerprint density at radius 3 is 2.74 bits per heavy atom. The van der Waals surface area contributed by atoms with E-state index in [9.17, 15) is 4.79 Å². The Morgan fingerprint density at radius 1 is 1.13 bits per heavy atom. The van der Waals surface area contributed by atoms with Crippen LogP contribution in [-0.4, -0.2) is 19.4 Å². The summed E-state index contributed by atoms with van der Waals surface area (Å²) in [6.45, 7) is 0.534. The summed E-state index contributed by atoms with van der Waals surface area (Å²) in [5.74, 6) is 2.05. The molecule has 2 rings (SSSR count). The summed E-state index contributed by atoms with van der Waals surface area (Å²) in [6, 6.07) is 0. The highest BCUT2D eigenvalue weighted by Gasteiger charge is 2.30. The third-order valence-electron chi connectivity index (χ3n) is 5.29. The molecular weight excluding hydrogens is 282 g/mol. The molecule has 2 aliphatic carbocycles. The summed E-state index contributed by atoms with van der Waals surface area (Å²) in [4.78, 5) is 11.6. The number of carbonyl (C=O) groups is 1. The lowest BCUT2D eigenvalue weighted by molar-refractivity contribution is -0.118. The summed E-state index contributed by atoms with van der Waals surface area (Å²) in [5.41, 5.74) is 1.52. The van der Waals surface area contributed by atoms with Crippen LogP contribution in [0.25, 0.3) is 0 Å². The fourth-order valence-electron chi connectivity index (χ4n) is 3.73. The van der Waals surface area contributed by atoms with Crippen LogP contribution in [0.3, 0.4) is 0 Å². The maximum absolute atomic E-state index is 11.6. The molecule has 1 saturated carbocycles. The molecular formula is C21H33NO. The molecule has 23 heavy (non-hydrogen) atoms. The number of hydrogen-bond donors (Lipinski definition) is 1. The molecule has 2 heteroatoms. The Morgan fingerprint density at radius 2 is 1.96 bits per heavy atom. The number of Topliss-reactive ketones (excluding diaryl/α,β-unsaturated/α-hetero) is 1. The molecule has 0 aliphatic heterocycles. The summed E-state index contributed by atoms with van der Waals surface area (Å²) in [6.07, 6.45) is 23.5. The van der Waals surface area contributed by atoms with Crippen molar-refractivity contribution in [1.82, 2.24) is 5.32 Å². The lowest BCUT2D eigenvalue weighted by Gasteiger charge is -2.37. The summed E-state index contributed by atoms with van der Waals surface area (Å²) in [7, 11) is 1.85. The lowest BCUT2D eigenvalue weighted by Crippen LogP contribution is -2.27. The summed E-state index contributed by atoms with van der Waals surface area (Å²) in [5, 5.41) is 2.96. The maximum atomic E-state index is 11.6. The zero-order valence-electron chi connectivity index (χ0n) is 14.7. The molecule has 0 aromatic rings. The first-order chi connectivity index (χ1) is 11.3. The van der Waals surface area contributed by atoms with Crippen molar-refractivity contribution in [2.75, 3.05) is 13.6 Å². The van der Waals surface area contributed by atoms with E-state index in [0.29, 0.717) is 12.3 Å². The molecule has 1 unspecified atom stereocenters. The Labute approximate surface area is 142 Å². The van der Waals surface area contributed by atoms with Gasteiger partial charge in [-0.3, -0.25) is 4.79 Å². The molecule has 0 amide bonds. The molecule has 0 saturated heterocycles. The van der Waals surface area contributed by atoms with Crippen molar-refractivity contribution in [2.24, 2.45) is 11.8 Å². The van der Waals surface area contributed by atoms with Gasteiger partial charge in [0.05, 0.1) is 6.54 Å². The number of likely N-dealkylation sites (N-methyl/N-ethyl adjacent to an activating group) is 1. The second kappa shape index (κ2) is 10.6. The maximum Gasteiger partial charge on any atom is 0.146 e. The fourth-order valence-corrected chi connectivity index (χ4v) is 3.73. The molecule has 0 aromatic carbocycles. The highest BCUT2D eigenvalue weighted by Crippen LogP contribution is 2.41. The standard InChI is InChI=1S/C21H33NO/c1-22-17-21(23)16-15-20-14-13-19(20)12-8-11-18-9-6-4-2-3-5-7-10-18/h2-3,6,9-10,19-20,22H,4-5,7-8,11-17H2,1H3/t19?,20-/m1/s1. The molecule has 0 radical (unpaired) electrons. The first-order valence-electron chi connectivity index (χ1n) is 9.46. The predicted octanol–water partition coefficient (Wildman–Crippen LogP) is 4.97. The smallest absolute Gasteiger partial charge is 0.146 e. The average molecular weight is 316 g/mol. The van der Waals surface area contributed by atoms with E-state index in [-0.39, 0.29) is 0 Å². The predicted molar refractivity (Wildman–Crippen MR) is 98.4 cm³/mol. The van der Waals surface area contributed by atoms with Gasteiger partial charge in [0.2, 0.25) is 0 Å². The van der Waals surface area contributed by atoms with Crippen LogP contribution in [0, 0.1) is 11.8 Å². The van der Waals surface area contributed by atoms with Crippen molar-refractivity contribution >= 4 is 5.78 Å². The zero-order valence-corrected chi connectivity index (χ0v) is 14.7. The number of carbonyl (C=O) groups excluding carboxylic acids is 1. The van der Waals surface area contributed by atoms with Gasteiger partial charge in [-0.05, 0) is 76.7 Å². The van der Waals surface area contributed by atoms with Gasteiger partial charge in [-0.15, -0.1) is 0 Å². The second-order valence-corrected chi connectivity index (χ2v) is 7.06. The first-order valence-corrected chi connectivity index (χ1v) is 9.46. The highest BCUT2D eigenvalue weighted by atomic mass is 16.1. The number of nitrogens with one attached hydrogen (secondary N) is 1. The van der Waals surface area contributed by atoms with Gasteiger partial charge < -0.3 is 5.32 Å². The molecule has 1 N–H and O–H groups in total. The van der Waals surface area contributed by atoms with Crippen LogP contribution in [0.2, 0.25) is 0 Å². The number of allylic oxidation sites excluding steroid dienone is 6. The topological polar surface area (TPSA) is 29.1 Å². The van der Waals surface area contributed by atoms with Crippen molar-refractivity contribution < 1.29 is 4.79 Å². The number of hydrogen-bond acceptors (Lipinski definition) is 2. The van der Waals surface area contributed by atoms with Crippen molar-refractivity contribution in [1.29, 1.82) is 0 Å². The third kappa shape index (κ3) is 6.87. The molecule has 0 heterocycles. The SMILES string of the molecule is CNCC(=O)CC[C@H]1CCC1CCCC1=CCCC=CCC=C1. The largest absolute Gasteiger partial charge is 0.313 e. The van der Waals surface area contributed by atoms with Gasteiger partial charge in [-0.25, -0.2) is 0 Å². The quantitative estimate of drug-likeness (QED) is 0.608. The second-order valence-electron chi connectivity index (χ2n) is 7.06. The highest BCUT2D eigenvalue weighted by molar-refractivity contribution is 5.80. The summed E-state index contributed by atoms with van der Waals surface area (Å²) < 4.78 is 0. The van der Waals surface area contributed by atoms with E-state index in [1.807, 2.05) is 7.05 Å². The van der Waals surface area contributed by atoms with Crippen molar-refractivity contribution in [3.63, 3.8) is 0 Å². The van der Waals surface area contributed by atoms with Gasteiger partial charge in [0.15, 0.2) is 0 Å². The van der Waals surface area contributed by atoms with Crippen LogP contribution in [0.4, 0.5) is 0 Å². The van der Waals surface area contributed by atoms with Gasteiger partial charge >= 0.3 is 0 Å². The molecule has 2 nitrogen and oxygen atoms in total. The minimum atomic E-state index is 0.368. The van der Waals surface area contributed by atoms with E-state index in [1.54, 1.807) is 0 Å². The Kier molecular flexibility index (Phi) is 8.38. The molecule has 0 aromatic heterocycles.